The van der Waals surface area contributed by atoms with Gasteiger partial charge in [-0.3, -0.25) is 9.59 Å². The van der Waals surface area contributed by atoms with Crippen LogP contribution in [0.2, 0.25) is 0 Å². The molecule has 3 aromatic rings. The Kier molecular flexibility index (Phi) is 5.22. The molecule has 0 bridgehead atoms. The number of hydrogen-bond donors (Lipinski definition) is 1. The molecule has 0 fully saturated rings. The Hall–Kier alpha value is -4.26. The van der Waals surface area contributed by atoms with Crippen molar-refractivity contribution < 1.29 is 28.5 Å². The van der Waals surface area contributed by atoms with Crippen LogP contribution in [0.3, 0.4) is 0 Å². The molecule has 33 heavy (non-hydrogen) atoms. The first-order valence-electron chi connectivity index (χ1n) is 10.4. The van der Waals surface area contributed by atoms with Crippen LogP contribution in [0, 0.1) is 13.8 Å². The highest BCUT2D eigenvalue weighted by Crippen LogP contribution is 2.37. The predicted octanol–water partition coefficient (Wildman–Crippen LogP) is 4.67. The molecular formula is C26H21NO6. The van der Waals surface area contributed by atoms with E-state index in [1.165, 1.54) is 0 Å². The average molecular weight is 443 g/mol. The zero-order chi connectivity index (χ0) is 22.9. The van der Waals surface area contributed by atoms with Crippen LogP contribution in [0.5, 0.6) is 23.0 Å². The molecule has 1 N–H and O–H groups in total. The number of ether oxygens (including phenoxy) is 4. The first kappa shape index (κ1) is 20.6. The van der Waals surface area contributed by atoms with E-state index >= 15 is 0 Å². The summed E-state index contributed by atoms with van der Waals surface area (Å²) in [7, 11) is 0. The minimum Gasteiger partial charge on any atom is -0.484 e. The number of carbonyl (C=O) groups excluding carboxylic acids is 2. The van der Waals surface area contributed by atoms with Crippen molar-refractivity contribution in [1.82, 2.24) is 0 Å². The van der Waals surface area contributed by atoms with Gasteiger partial charge >= 0.3 is 0 Å². The third-order valence-corrected chi connectivity index (χ3v) is 5.45. The lowest BCUT2D eigenvalue weighted by Crippen LogP contribution is -2.21. The van der Waals surface area contributed by atoms with E-state index < -0.39 is 0 Å². The summed E-state index contributed by atoms with van der Waals surface area (Å²) in [5.74, 6) is 1.83. The third kappa shape index (κ3) is 4.13. The summed E-state index contributed by atoms with van der Waals surface area (Å²) in [6.07, 6.45) is 1.66. The standard InChI is InChI=1S/C26H21NO6/c1-15-4-3-5-16(2)25(15)27-24(28)13-30-18-7-8-19-21(12-18)33-23(26(19)29)11-17-6-9-20-22(10-17)32-14-31-20/h3-12H,13-14H2,1-2H3,(H,27,28). The number of fused-ring (bicyclic) bond motifs is 2. The van der Waals surface area contributed by atoms with Crippen LogP contribution >= 0.6 is 0 Å². The van der Waals surface area contributed by atoms with Crippen LogP contribution in [-0.2, 0) is 4.79 Å². The molecule has 7 heteroatoms. The summed E-state index contributed by atoms with van der Waals surface area (Å²) in [5, 5.41) is 2.88. The highest BCUT2D eigenvalue weighted by molar-refractivity contribution is 6.14. The van der Waals surface area contributed by atoms with Crippen LogP contribution in [0.1, 0.15) is 27.0 Å². The number of amides is 1. The predicted molar refractivity (Wildman–Crippen MR) is 122 cm³/mol. The van der Waals surface area contributed by atoms with Gasteiger partial charge in [0.2, 0.25) is 12.6 Å². The largest absolute Gasteiger partial charge is 0.484 e. The Labute approximate surface area is 190 Å². The molecule has 2 aliphatic heterocycles. The smallest absolute Gasteiger partial charge is 0.262 e. The highest BCUT2D eigenvalue weighted by Gasteiger charge is 2.28. The van der Waals surface area contributed by atoms with Gasteiger partial charge in [0.05, 0.1) is 5.56 Å². The Balaban J connectivity index is 1.26. The van der Waals surface area contributed by atoms with Gasteiger partial charge < -0.3 is 24.3 Å². The summed E-state index contributed by atoms with van der Waals surface area (Å²) < 4.78 is 22.1. The number of aryl methyl sites for hydroxylation is 2. The van der Waals surface area contributed by atoms with Crippen LogP contribution < -0.4 is 24.3 Å². The number of anilines is 1. The van der Waals surface area contributed by atoms with Gasteiger partial charge in [-0.05, 0) is 60.9 Å². The number of rotatable bonds is 5. The van der Waals surface area contributed by atoms with E-state index in [4.69, 9.17) is 18.9 Å². The lowest BCUT2D eigenvalue weighted by molar-refractivity contribution is -0.118. The van der Waals surface area contributed by atoms with Crippen molar-refractivity contribution in [3.05, 3.63) is 82.6 Å². The van der Waals surface area contributed by atoms with Crippen LogP contribution in [0.15, 0.2) is 60.4 Å². The minimum absolute atomic E-state index is 0.166. The van der Waals surface area contributed by atoms with Crippen LogP contribution in [0.4, 0.5) is 5.69 Å². The summed E-state index contributed by atoms with van der Waals surface area (Å²) in [5.41, 5.74) is 3.95. The summed E-state index contributed by atoms with van der Waals surface area (Å²) in [6, 6.07) is 16.1. The van der Waals surface area contributed by atoms with Crippen molar-refractivity contribution in [3.8, 4) is 23.0 Å². The molecule has 1 amide bonds. The van der Waals surface area contributed by atoms with Crippen molar-refractivity contribution in [3.63, 3.8) is 0 Å². The summed E-state index contributed by atoms with van der Waals surface area (Å²) in [4.78, 5) is 25.1. The number of allylic oxidation sites excluding steroid dienone is 1. The maximum Gasteiger partial charge on any atom is 0.262 e. The number of Topliss-reactive ketones (excluding diaryl/α,β-unsaturated/α-hetero) is 1. The molecule has 5 rings (SSSR count). The van der Waals surface area contributed by atoms with Gasteiger partial charge in [-0.1, -0.05) is 24.3 Å². The van der Waals surface area contributed by atoms with Gasteiger partial charge in [-0.15, -0.1) is 0 Å². The molecule has 0 unspecified atom stereocenters. The molecule has 0 saturated carbocycles. The number of ketones is 1. The van der Waals surface area contributed by atoms with E-state index in [-0.39, 0.29) is 30.8 Å². The lowest BCUT2D eigenvalue weighted by atomic mass is 10.1. The van der Waals surface area contributed by atoms with Gasteiger partial charge in [0.1, 0.15) is 11.5 Å². The second kappa shape index (κ2) is 8.35. The summed E-state index contributed by atoms with van der Waals surface area (Å²) in [6.45, 7) is 3.89. The van der Waals surface area contributed by atoms with E-state index in [1.54, 1.807) is 36.4 Å². The molecule has 2 heterocycles. The Bertz CT molecular complexity index is 1290. The van der Waals surface area contributed by atoms with E-state index in [9.17, 15) is 9.59 Å². The molecule has 0 aromatic heterocycles. The molecule has 0 spiro atoms. The molecule has 7 nitrogen and oxygen atoms in total. The van der Waals surface area contributed by atoms with Gasteiger partial charge in [-0.2, -0.15) is 0 Å². The fraction of sp³-hybridized carbons (Fsp3) is 0.154. The van der Waals surface area contributed by atoms with Crippen LogP contribution in [-0.4, -0.2) is 25.1 Å². The van der Waals surface area contributed by atoms with Gasteiger partial charge in [0, 0.05) is 11.8 Å². The normalized spacial score (nSPS) is 14.7. The Morgan fingerprint density at radius 1 is 1.00 bits per heavy atom. The quantitative estimate of drug-likeness (QED) is 0.578. The number of para-hydroxylation sites is 1. The SMILES string of the molecule is Cc1cccc(C)c1NC(=O)COc1ccc2c(c1)OC(=Cc1ccc3c(c1)OCO3)C2=O. The van der Waals surface area contributed by atoms with E-state index in [2.05, 4.69) is 5.32 Å². The minimum atomic E-state index is -0.270. The second-order valence-corrected chi connectivity index (χ2v) is 7.81. The molecular weight excluding hydrogens is 422 g/mol. The fourth-order valence-corrected chi connectivity index (χ4v) is 3.75. The fourth-order valence-electron chi connectivity index (χ4n) is 3.75. The highest BCUT2D eigenvalue weighted by atomic mass is 16.7. The first-order chi connectivity index (χ1) is 16.0. The van der Waals surface area contributed by atoms with E-state index in [1.807, 2.05) is 38.1 Å². The number of carbonyl (C=O) groups is 2. The third-order valence-electron chi connectivity index (χ3n) is 5.45. The van der Waals surface area contributed by atoms with Gasteiger partial charge in [0.15, 0.2) is 23.9 Å². The van der Waals surface area contributed by atoms with Crippen molar-refractivity contribution in [2.75, 3.05) is 18.7 Å². The zero-order valence-electron chi connectivity index (χ0n) is 18.1. The molecule has 0 radical (unpaired) electrons. The first-order valence-corrected chi connectivity index (χ1v) is 10.4. The van der Waals surface area contributed by atoms with Gasteiger partial charge in [0.25, 0.3) is 5.91 Å². The van der Waals surface area contributed by atoms with Crippen molar-refractivity contribution in [2.45, 2.75) is 13.8 Å². The number of nitrogens with one attached hydrogen (secondary N) is 1. The maximum atomic E-state index is 12.7. The molecule has 0 aliphatic carbocycles. The van der Waals surface area contributed by atoms with Crippen LogP contribution in [0.25, 0.3) is 6.08 Å². The van der Waals surface area contributed by atoms with Crippen molar-refractivity contribution >= 4 is 23.5 Å². The molecule has 2 aliphatic rings. The molecule has 0 atom stereocenters. The molecule has 0 saturated heterocycles. The monoisotopic (exact) mass is 443 g/mol. The van der Waals surface area contributed by atoms with Crippen molar-refractivity contribution in [2.24, 2.45) is 0 Å². The lowest BCUT2D eigenvalue weighted by Gasteiger charge is -2.12. The molecule has 166 valence electrons. The number of hydrogen-bond acceptors (Lipinski definition) is 6. The van der Waals surface area contributed by atoms with Crippen molar-refractivity contribution in [1.29, 1.82) is 0 Å². The van der Waals surface area contributed by atoms with Gasteiger partial charge in [-0.25, -0.2) is 0 Å². The van der Waals surface area contributed by atoms with E-state index in [0.29, 0.717) is 28.6 Å². The Morgan fingerprint density at radius 2 is 1.79 bits per heavy atom. The maximum absolute atomic E-state index is 12.7. The summed E-state index contributed by atoms with van der Waals surface area (Å²) >= 11 is 0. The van der Waals surface area contributed by atoms with E-state index in [0.717, 1.165) is 22.4 Å². The second-order valence-electron chi connectivity index (χ2n) is 7.81. The molecule has 3 aromatic carbocycles. The average Bonchev–Trinajstić information content (AvgIpc) is 3.39. The Morgan fingerprint density at radius 3 is 2.61 bits per heavy atom. The topological polar surface area (TPSA) is 83.1 Å². The number of benzene rings is 3. The zero-order valence-corrected chi connectivity index (χ0v) is 18.1.